The van der Waals surface area contributed by atoms with Crippen molar-refractivity contribution in [3.63, 3.8) is 0 Å². The quantitative estimate of drug-likeness (QED) is 0.626. The minimum absolute atomic E-state index is 0.0222. The minimum Gasteiger partial charge on any atom is -0.502 e. The molecule has 4 heteroatoms. The van der Waals surface area contributed by atoms with Crippen LogP contribution in [0.2, 0.25) is 0 Å². The Hall–Kier alpha value is -2.67. The molecule has 0 fully saturated rings. The standard InChI is InChI=1S/C18H19NO3/c1-12-7-5-6-8-13(12)9-10-14-11-19-16(15(14)20)22-17(21)18(2,3)4/h5-8,11,19-20H,1-4H3. The Morgan fingerprint density at radius 1 is 1.18 bits per heavy atom. The summed E-state index contributed by atoms with van der Waals surface area (Å²) in [5, 5.41) is 10.1. The van der Waals surface area contributed by atoms with Gasteiger partial charge in [-0.2, -0.15) is 0 Å². The van der Waals surface area contributed by atoms with Gasteiger partial charge in [-0.05, 0) is 39.3 Å². The Balaban J connectivity index is 2.23. The molecule has 0 spiro atoms. The second kappa shape index (κ2) is 5.98. The first-order valence-corrected chi connectivity index (χ1v) is 6.99. The van der Waals surface area contributed by atoms with Gasteiger partial charge in [-0.15, -0.1) is 0 Å². The maximum atomic E-state index is 11.8. The maximum Gasteiger partial charge on any atom is 0.318 e. The van der Waals surface area contributed by atoms with Crippen molar-refractivity contribution >= 4 is 5.97 Å². The summed E-state index contributed by atoms with van der Waals surface area (Å²) in [4.78, 5) is 14.6. The fourth-order valence-electron chi connectivity index (χ4n) is 1.66. The molecule has 0 amide bonds. The van der Waals surface area contributed by atoms with Crippen LogP contribution in [-0.4, -0.2) is 16.1 Å². The second-order valence-electron chi connectivity index (χ2n) is 6.08. The van der Waals surface area contributed by atoms with Crippen LogP contribution in [0.5, 0.6) is 11.6 Å². The molecule has 0 radical (unpaired) electrons. The number of aromatic amines is 1. The Bertz CT molecular complexity index is 755. The molecule has 0 saturated heterocycles. The van der Waals surface area contributed by atoms with Crippen LogP contribution < -0.4 is 4.74 Å². The molecule has 0 aliphatic rings. The molecule has 0 bridgehead atoms. The number of aromatic nitrogens is 1. The van der Waals surface area contributed by atoms with Gasteiger partial charge < -0.3 is 14.8 Å². The van der Waals surface area contributed by atoms with Gasteiger partial charge in [-0.25, -0.2) is 0 Å². The summed E-state index contributed by atoms with van der Waals surface area (Å²) in [5.41, 5.74) is 1.69. The first kappa shape index (κ1) is 15.7. The summed E-state index contributed by atoms with van der Waals surface area (Å²) in [6, 6.07) is 7.73. The third-order valence-electron chi connectivity index (χ3n) is 3.10. The van der Waals surface area contributed by atoms with Gasteiger partial charge in [0.05, 0.1) is 11.0 Å². The van der Waals surface area contributed by atoms with Crippen LogP contribution in [-0.2, 0) is 4.79 Å². The number of carbonyl (C=O) groups excluding carboxylic acids is 1. The molecule has 2 N–H and O–H groups in total. The van der Waals surface area contributed by atoms with Crippen LogP contribution in [0, 0.1) is 24.2 Å². The highest BCUT2D eigenvalue weighted by Gasteiger charge is 2.25. The van der Waals surface area contributed by atoms with Gasteiger partial charge in [-0.1, -0.05) is 30.0 Å². The number of H-pyrrole nitrogens is 1. The molecule has 0 saturated carbocycles. The van der Waals surface area contributed by atoms with Crippen molar-refractivity contribution in [2.75, 3.05) is 0 Å². The zero-order chi connectivity index (χ0) is 16.3. The molecule has 1 aromatic heterocycles. The Morgan fingerprint density at radius 2 is 1.82 bits per heavy atom. The molecule has 0 atom stereocenters. The zero-order valence-corrected chi connectivity index (χ0v) is 13.2. The number of hydrogen-bond donors (Lipinski definition) is 2. The van der Waals surface area contributed by atoms with E-state index in [2.05, 4.69) is 16.8 Å². The average Bonchev–Trinajstić information content (AvgIpc) is 2.78. The van der Waals surface area contributed by atoms with Gasteiger partial charge in [0.15, 0.2) is 5.75 Å². The smallest absolute Gasteiger partial charge is 0.318 e. The normalized spacial score (nSPS) is 10.7. The van der Waals surface area contributed by atoms with Crippen LogP contribution in [0.25, 0.3) is 0 Å². The number of aromatic hydroxyl groups is 1. The monoisotopic (exact) mass is 297 g/mol. The number of nitrogens with one attached hydrogen (secondary N) is 1. The van der Waals surface area contributed by atoms with E-state index in [-0.39, 0.29) is 11.6 Å². The van der Waals surface area contributed by atoms with Gasteiger partial charge in [0.2, 0.25) is 5.88 Å². The molecule has 4 nitrogen and oxygen atoms in total. The number of ether oxygens (including phenoxy) is 1. The van der Waals surface area contributed by atoms with E-state index in [0.29, 0.717) is 5.56 Å². The van der Waals surface area contributed by atoms with Gasteiger partial charge >= 0.3 is 5.97 Å². The average molecular weight is 297 g/mol. The van der Waals surface area contributed by atoms with Crippen LogP contribution in [0.1, 0.15) is 37.5 Å². The maximum absolute atomic E-state index is 11.8. The number of aryl methyl sites for hydroxylation is 1. The lowest BCUT2D eigenvalue weighted by atomic mass is 9.97. The van der Waals surface area contributed by atoms with Crippen molar-refractivity contribution in [2.45, 2.75) is 27.7 Å². The third kappa shape index (κ3) is 3.50. The summed E-state index contributed by atoms with van der Waals surface area (Å²) < 4.78 is 5.15. The van der Waals surface area contributed by atoms with Crippen molar-refractivity contribution in [1.82, 2.24) is 4.98 Å². The zero-order valence-electron chi connectivity index (χ0n) is 13.2. The van der Waals surface area contributed by atoms with E-state index in [1.54, 1.807) is 20.8 Å². The van der Waals surface area contributed by atoms with Crippen molar-refractivity contribution in [2.24, 2.45) is 5.41 Å². The van der Waals surface area contributed by atoms with Crippen molar-refractivity contribution in [3.8, 4) is 23.5 Å². The van der Waals surface area contributed by atoms with Crippen molar-refractivity contribution < 1.29 is 14.6 Å². The summed E-state index contributed by atoms with van der Waals surface area (Å²) >= 11 is 0. The number of hydrogen-bond acceptors (Lipinski definition) is 3. The number of rotatable bonds is 1. The van der Waals surface area contributed by atoms with Gasteiger partial charge in [-0.3, -0.25) is 4.79 Å². The molecule has 0 aliphatic heterocycles. The van der Waals surface area contributed by atoms with Gasteiger partial charge in [0, 0.05) is 11.8 Å². The van der Waals surface area contributed by atoms with Crippen molar-refractivity contribution in [1.29, 1.82) is 0 Å². The fourth-order valence-corrected chi connectivity index (χ4v) is 1.66. The Kier molecular flexibility index (Phi) is 4.27. The number of benzene rings is 1. The van der Waals surface area contributed by atoms with Gasteiger partial charge in [0.25, 0.3) is 0 Å². The van der Waals surface area contributed by atoms with E-state index < -0.39 is 11.4 Å². The molecular formula is C18H19NO3. The molecule has 1 aromatic carbocycles. The van der Waals surface area contributed by atoms with E-state index in [1.165, 1.54) is 6.20 Å². The highest BCUT2D eigenvalue weighted by molar-refractivity contribution is 5.78. The molecule has 0 unspecified atom stereocenters. The number of esters is 1. The molecule has 2 aromatic rings. The summed E-state index contributed by atoms with van der Waals surface area (Å²) in [6.45, 7) is 7.20. The van der Waals surface area contributed by atoms with Crippen LogP contribution >= 0.6 is 0 Å². The molecule has 22 heavy (non-hydrogen) atoms. The summed E-state index contributed by atoms with van der Waals surface area (Å²) in [6.07, 6.45) is 1.52. The molecule has 114 valence electrons. The lowest BCUT2D eigenvalue weighted by Gasteiger charge is -2.15. The van der Waals surface area contributed by atoms with E-state index >= 15 is 0 Å². The third-order valence-corrected chi connectivity index (χ3v) is 3.10. The van der Waals surface area contributed by atoms with Crippen LogP contribution in [0.3, 0.4) is 0 Å². The Labute approximate surface area is 130 Å². The second-order valence-corrected chi connectivity index (χ2v) is 6.08. The number of carbonyl (C=O) groups is 1. The lowest BCUT2D eigenvalue weighted by Crippen LogP contribution is -2.25. The van der Waals surface area contributed by atoms with Gasteiger partial charge in [0.1, 0.15) is 0 Å². The minimum atomic E-state index is -0.648. The molecule has 1 heterocycles. The van der Waals surface area contributed by atoms with Crippen LogP contribution in [0.15, 0.2) is 30.5 Å². The topological polar surface area (TPSA) is 62.3 Å². The molecule has 0 aliphatic carbocycles. The largest absolute Gasteiger partial charge is 0.502 e. The highest BCUT2D eigenvalue weighted by Crippen LogP contribution is 2.30. The Morgan fingerprint density at radius 3 is 2.45 bits per heavy atom. The predicted molar refractivity (Wildman–Crippen MR) is 84.7 cm³/mol. The molecule has 2 rings (SSSR count). The van der Waals surface area contributed by atoms with Crippen LogP contribution in [0.4, 0.5) is 0 Å². The first-order chi connectivity index (χ1) is 10.3. The van der Waals surface area contributed by atoms with E-state index in [4.69, 9.17) is 4.74 Å². The fraction of sp³-hybridized carbons (Fsp3) is 0.278. The predicted octanol–water partition coefficient (Wildman–Crippen LogP) is 3.38. The summed E-state index contributed by atoms with van der Waals surface area (Å²) in [5.74, 6) is 5.32. The highest BCUT2D eigenvalue weighted by atomic mass is 16.5. The van der Waals surface area contributed by atoms with E-state index in [1.807, 2.05) is 31.2 Å². The molecular weight excluding hydrogens is 278 g/mol. The van der Waals surface area contributed by atoms with Crippen molar-refractivity contribution in [3.05, 3.63) is 47.2 Å². The SMILES string of the molecule is Cc1ccccc1C#Cc1c[nH]c(OC(=O)C(C)(C)C)c1O. The lowest BCUT2D eigenvalue weighted by molar-refractivity contribution is -0.143. The summed E-state index contributed by atoms with van der Waals surface area (Å²) in [7, 11) is 0. The first-order valence-electron chi connectivity index (χ1n) is 6.99. The van der Waals surface area contributed by atoms with E-state index in [9.17, 15) is 9.90 Å². The van der Waals surface area contributed by atoms with E-state index in [0.717, 1.165) is 11.1 Å².